The molecule has 0 atom stereocenters. The van der Waals surface area contributed by atoms with Gasteiger partial charge in [-0.05, 0) is 30.4 Å². The maximum Gasteiger partial charge on any atom is 0.251 e. The molecule has 2 aliphatic heterocycles. The molecule has 0 spiro atoms. The number of ether oxygens (including phenoxy) is 1. The van der Waals surface area contributed by atoms with Crippen LogP contribution in [0.3, 0.4) is 0 Å². The first-order valence-electron chi connectivity index (χ1n) is 9.81. The number of hydrogen-bond acceptors (Lipinski definition) is 4. The second kappa shape index (κ2) is 7.82. The van der Waals surface area contributed by atoms with Gasteiger partial charge >= 0.3 is 0 Å². The number of aryl methyl sites for hydroxylation is 2. The summed E-state index contributed by atoms with van der Waals surface area (Å²) in [5, 5.41) is 1.20. The van der Waals surface area contributed by atoms with Gasteiger partial charge < -0.3 is 14.2 Å². The van der Waals surface area contributed by atoms with Crippen molar-refractivity contribution in [1.29, 1.82) is 0 Å². The van der Waals surface area contributed by atoms with Crippen LogP contribution in [0.4, 0.5) is 0 Å². The first-order valence-corrected chi connectivity index (χ1v) is 9.81. The number of aromatic nitrogens is 1. The lowest BCUT2D eigenvalue weighted by atomic mass is 9.98. The number of amides is 1. The Morgan fingerprint density at radius 2 is 2.00 bits per heavy atom. The highest BCUT2D eigenvalue weighted by Crippen LogP contribution is 2.26. The van der Waals surface area contributed by atoms with E-state index in [9.17, 15) is 9.59 Å². The molecule has 0 unspecified atom stereocenters. The third kappa shape index (κ3) is 3.64. The Hall–Kier alpha value is -2.18. The van der Waals surface area contributed by atoms with Gasteiger partial charge in [-0.25, -0.2) is 0 Å². The zero-order valence-electron chi connectivity index (χ0n) is 15.9. The van der Waals surface area contributed by atoms with Gasteiger partial charge in [-0.3, -0.25) is 14.5 Å². The average molecular weight is 369 g/mol. The van der Waals surface area contributed by atoms with E-state index >= 15 is 0 Å². The molecule has 2 aliphatic rings. The topological polar surface area (TPSA) is 54.8 Å². The van der Waals surface area contributed by atoms with Crippen molar-refractivity contribution in [3.05, 3.63) is 45.7 Å². The van der Waals surface area contributed by atoms with Crippen LogP contribution in [-0.2, 0) is 29.0 Å². The fraction of sp³-hybridized carbons (Fsp3) is 0.524. The van der Waals surface area contributed by atoms with Gasteiger partial charge in [0.25, 0.3) is 5.56 Å². The zero-order valence-corrected chi connectivity index (χ0v) is 15.9. The first kappa shape index (κ1) is 18.2. The number of carbonyl (C=O) groups excluding carboxylic acids is 1. The molecule has 27 heavy (non-hydrogen) atoms. The SMILES string of the molecule is COCC(=O)N1CCCN(Cc2cc(=O)n3c4c(cccc24)CCC3)CC1. The quantitative estimate of drug-likeness (QED) is 0.822. The lowest BCUT2D eigenvalue weighted by molar-refractivity contribution is -0.135. The van der Waals surface area contributed by atoms with Crippen LogP contribution in [0, 0.1) is 0 Å². The van der Waals surface area contributed by atoms with Crippen LogP contribution < -0.4 is 5.56 Å². The van der Waals surface area contributed by atoms with E-state index in [1.807, 2.05) is 15.5 Å². The summed E-state index contributed by atoms with van der Waals surface area (Å²) in [7, 11) is 1.55. The van der Waals surface area contributed by atoms with Gasteiger partial charge in [0, 0.05) is 57.8 Å². The molecule has 0 N–H and O–H groups in total. The van der Waals surface area contributed by atoms with Crippen molar-refractivity contribution in [2.75, 3.05) is 39.9 Å². The maximum absolute atomic E-state index is 12.7. The monoisotopic (exact) mass is 369 g/mol. The summed E-state index contributed by atoms with van der Waals surface area (Å²) >= 11 is 0. The van der Waals surface area contributed by atoms with Crippen molar-refractivity contribution in [2.45, 2.75) is 32.4 Å². The molecule has 1 amide bonds. The second-order valence-corrected chi connectivity index (χ2v) is 7.52. The van der Waals surface area contributed by atoms with Crippen molar-refractivity contribution in [1.82, 2.24) is 14.4 Å². The fourth-order valence-electron chi connectivity index (χ4n) is 4.40. The Morgan fingerprint density at radius 3 is 2.85 bits per heavy atom. The van der Waals surface area contributed by atoms with E-state index in [4.69, 9.17) is 4.74 Å². The average Bonchev–Trinajstić information content (AvgIpc) is 2.91. The second-order valence-electron chi connectivity index (χ2n) is 7.52. The smallest absolute Gasteiger partial charge is 0.251 e. The molecule has 2 aromatic rings. The Bertz CT molecular complexity index is 905. The summed E-state index contributed by atoms with van der Waals surface area (Å²) in [6, 6.07) is 8.21. The highest BCUT2D eigenvalue weighted by molar-refractivity contribution is 5.86. The number of nitrogens with zero attached hydrogens (tertiary/aromatic N) is 3. The number of rotatable bonds is 4. The number of carbonyl (C=O) groups is 1. The standard InChI is InChI=1S/C21H27N3O3/c1-27-15-20(26)23-9-4-8-22(11-12-23)14-17-13-19(25)24-10-3-6-16-5-2-7-18(17)21(16)24/h2,5,7,13H,3-4,6,8-12,14-15H2,1H3. The van der Waals surface area contributed by atoms with Gasteiger partial charge in [0.15, 0.2) is 0 Å². The largest absolute Gasteiger partial charge is 0.375 e. The first-order chi connectivity index (χ1) is 13.2. The Balaban J connectivity index is 1.57. The molecule has 6 nitrogen and oxygen atoms in total. The predicted molar refractivity (Wildman–Crippen MR) is 105 cm³/mol. The van der Waals surface area contributed by atoms with Crippen LogP contribution in [0.1, 0.15) is 24.0 Å². The molecule has 144 valence electrons. The zero-order chi connectivity index (χ0) is 18.8. The number of benzene rings is 1. The highest BCUT2D eigenvalue weighted by Gasteiger charge is 2.21. The Morgan fingerprint density at radius 1 is 1.11 bits per heavy atom. The molecule has 1 aromatic carbocycles. The summed E-state index contributed by atoms with van der Waals surface area (Å²) in [5.41, 5.74) is 3.62. The lowest BCUT2D eigenvalue weighted by Gasteiger charge is -2.24. The summed E-state index contributed by atoms with van der Waals surface area (Å²) in [6.45, 7) is 4.94. The van der Waals surface area contributed by atoms with Crippen molar-refractivity contribution in [3.63, 3.8) is 0 Å². The molecule has 3 heterocycles. The molecule has 1 aromatic heterocycles. The molecule has 1 saturated heterocycles. The molecular weight excluding hydrogens is 342 g/mol. The third-order valence-corrected chi connectivity index (χ3v) is 5.73. The van der Waals surface area contributed by atoms with E-state index in [0.29, 0.717) is 6.54 Å². The molecule has 0 aliphatic carbocycles. The van der Waals surface area contributed by atoms with Crippen LogP contribution in [0.2, 0.25) is 0 Å². The molecule has 0 radical (unpaired) electrons. The molecule has 0 saturated carbocycles. The van der Waals surface area contributed by atoms with Crippen LogP contribution in [0.15, 0.2) is 29.1 Å². The van der Waals surface area contributed by atoms with E-state index in [-0.39, 0.29) is 18.1 Å². The predicted octanol–water partition coefficient (Wildman–Crippen LogP) is 1.63. The van der Waals surface area contributed by atoms with E-state index in [2.05, 4.69) is 23.1 Å². The van der Waals surface area contributed by atoms with Crippen LogP contribution >= 0.6 is 0 Å². The molecule has 1 fully saturated rings. The molecular formula is C21H27N3O3. The molecule has 4 rings (SSSR count). The van der Waals surface area contributed by atoms with Gasteiger partial charge in [0.2, 0.25) is 5.91 Å². The minimum Gasteiger partial charge on any atom is -0.375 e. The molecule has 6 heteroatoms. The normalized spacial score (nSPS) is 17.9. The minimum absolute atomic E-state index is 0.0548. The van der Waals surface area contributed by atoms with Gasteiger partial charge in [-0.2, -0.15) is 0 Å². The van der Waals surface area contributed by atoms with Gasteiger partial charge in [0.05, 0.1) is 5.52 Å². The van der Waals surface area contributed by atoms with E-state index in [1.54, 1.807) is 7.11 Å². The maximum atomic E-state index is 12.7. The lowest BCUT2D eigenvalue weighted by Crippen LogP contribution is -2.37. The Labute approximate surface area is 159 Å². The van der Waals surface area contributed by atoms with Crippen molar-refractivity contribution < 1.29 is 9.53 Å². The summed E-state index contributed by atoms with van der Waals surface area (Å²) in [4.78, 5) is 29.0. The van der Waals surface area contributed by atoms with E-state index in [1.165, 1.54) is 10.9 Å². The van der Waals surface area contributed by atoms with Gasteiger partial charge in [-0.15, -0.1) is 0 Å². The van der Waals surface area contributed by atoms with Crippen molar-refractivity contribution >= 4 is 16.8 Å². The molecule has 0 bridgehead atoms. The summed E-state index contributed by atoms with van der Waals surface area (Å²) in [6.07, 6.45) is 3.01. The van der Waals surface area contributed by atoms with Crippen LogP contribution in [0.5, 0.6) is 0 Å². The van der Waals surface area contributed by atoms with E-state index in [0.717, 1.165) is 63.1 Å². The third-order valence-electron chi connectivity index (χ3n) is 5.73. The number of para-hydroxylation sites is 1. The van der Waals surface area contributed by atoms with Crippen LogP contribution in [0.25, 0.3) is 10.9 Å². The van der Waals surface area contributed by atoms with Crippen LogP contribution in [-0.4, -0.2) is 60.2 Å². The Kier molecular flexibility index (Phi) is 5.27. The van der Waals surface area contributed by atoms with E-state index < -0.39 is 0 Å². The summed E-state index contributed by atoms with van der Waals surface area (Å²) in [5.74, 6) is 0.0548. The fourth-order valence-corrected chi connectivity index (χ4v) is 4.40. The van der Waals surface area contributed by atoms with Gasteiger partial charge in [-0.1, -0.05) is 18.2 Å². The summed E-state index contributed by atoms with van der Waals surface area (Å²) < 4.78 is 6.91. The minimum atomic E-state index is 0.0548. The van der Waals surface area contributed by atoms with Crippen molar-refractivity contribution in [3.8, 4) is 0 Å². The highest BCUT2D eigenvalue weighted by atomic mass is 16.5. The number of methoxy groups -OCH3 is 1. The number of hydrogen-bond donors (Lipinski definition) is 0. The number of pyridine rings is 1. The van der Waals surface area contributed by atoms with Crippen molar-refractivity contribution in [2.24, 2.45) is 0 Å². The van der Waals surface area contributed by atoms with Gasteiger partial charge in [0.1, 0.15) is 6.61 Å².